The Morgan fingerprint density at radius 3 is 2.88 bits per heavy atom. The number of aliphatic imine (C=N–C) groups is 1. The van der Waals surface area contributed by atoms with Gasteiger partial charge in [-0.15, -0.1) is 6.42 Å². The van der Waals surface area contributed by atoms with Gasteiger partial charge in [-0.2, -0.15) is 0 Å². The minimum atomic E-state index is -2.40. The maximum absolute atomic E-state index is 14.9. The van der Waals surface area contributed by atoms with Gasteiger partial charge in [0, 0.05) is 17.9 Å². The van der Waals surface area contributed by atoms with Gasteiger partial charge in [0.05, 0.1) is 25.4 Å². The zero-order chi connectivity index (χ0) is 24.9. The molecule has 4 rings (SSSR count). The van der Waals surface area contributed by atoms with Crippen LogP contribution in [-0.4, -0.2) is 38.9 Å². The summed E-state index contributed by atoms with van der Waals surface area (Å²) in [5, 5.41) is 0.0991. The number of ether oxygens (including phenoxy) is 1. The van der Waals surface area contributed by atoms with E-state index in [-0.39, 0.29) is 40.2 Å². The van der Waals surface area contributed by atoms with Crippen molar-refractivity contribution in [3.05, 3.63) is 53.0 Å². The highest BCUT2D eigenvalue weighted by atomic mass is 32.2. The van der Waals surface area contributed by atoms with Crippen molar-refractivity contribution in [3.63, 3.8) is 0 Å². The fraction of sp³-hybridized carbons (Fsp3) is 0.364. The number of ketones is 1. The first-order chi connectivity index (χ1) is 15.9. The van der Waals surface area contributed by atoms with Gasteiger partial charge in [-0.3, -0.25) is 9.79 Å². The molecule has 1 aromatic carbocycles. The van der Waals surface area contributed by atoms with E-state index in [4.69, 9.17) is 19.6 Å². The lowest BCUT2D eigenvalue weighted by Gasteiger charge is -2.33. The molecule has 0 spiro atoms. The minimum absolute atomic E-state index is 0.0924. The molecule has 1 aliphatic heterocycles. The zero-order valence-corrected chi connectivity index (χ0v) is 17.7. The van der Waals surface area contributed by atoms with E-state index in [1.807, 2.05) is 0 Å². The Morgan fingerprint density at radius 2 is 2.22 bits per heavy atom. The second-order valence-electron chi connectivity index (χ2n) is 7.78. The van der Waals surface area contributed by atoms with E-state index >= 15 is 0 Å². The Labute approximate surface area is 189 Å². The van der Waals surface area contributed by atoms with Gasteiger partial charge >= 0.3 is 0 Å². The highest BCUT2D eigenvalue weighted by molar-refractivity contribution is 8.15. The zero-order valence-electron chi connectivity index (χ0n) is 18.9. The molecule has 2 N–H and O–H groups in total. The molecule has 0 radical (unpaired) electrons. The van der Waals surface area contributed by atoms with Crippen molar-refractivity contribution in [2.24, 2.45) is 16.6 Å². The number of rotatable bonds is 7. The molecule has 1 aromatic heterocycles. The minimum Gasteiger partial charge on any atom is -0.463 e. The Bertz CT molecular complexity index is 1240. The fourth-order valence-corrected chi connectivity index (χ4v) is 5.39. The summed E-state index contributed by atoms with van der Waals surface area (Å²) in [5.41, 5.74) is 4.59. The van der Waals surface area contributed by atoms with Crippen molar-refractivity contribution in [1.82, 2.24) is 9.97 Å². The number of alkyl halides is 1. The van der Waals surface area contributed by atoms with Crippen LogP contribution in [0.4, 0.5) is 13.2 Å². The number of halogens is 3. The van der Waals surface area contributed by atoms with Crippen LogP contribution >= 0.6 is 11.8 Å². The first-order valence-corrected chi connectivity index (χ1v) is 10.4. The summed E-state index contributed by atoms with van der Waals surface area (Å²) in [6.07, 6.45) is 7.19. The Balaban J connectivity index is 1.59. The van der Waals surface area contributed by atoms with Crippen LogP contribution in [0.25, 0.3) is 0 Å². The van der Waals surface area contributed by atoms with E-state index in [9.17, 15) is 18.0 Å². The van der Waals surface area contributed by atoms with Crippen molar-refractivity contribution in [3.8, 4) is 18.2 Å². The summed E-state index contributed by atoms with van der Waals surface area (Å²) in [7, 11) is 0. The van der Waals surface area contributed by atoms with Crippen LogP contribution < -0.4 is 10.5 Å². The van der Waals surface area contributed by atoms with Gasteiger partial charge in [0.1, 0.15) is 12.4 Å². The largest absolute Gasteiger partial charge is 0.463 e. The number of amidine groups is 1. The summed E-state index contributed by atoms with van der Waals surface area (Å²) in [5.74, 6) is -1.64. The average Bonchev–Trinajstić information content (AvgIpc) is 3.52. The lowest BCUT2D eigenvalue weighted by atomic mass is 9.84. The van der Waals surface area contributed by atoms with Gasteiger partial charge in [-0.1, -0.05) is 17.7 Å². The number of terminal acetylenes is 1. The second kappa shape index (κ2) is 8.13. The molecule has 2 aliphatic rings. The predicted molar refractivity (Wildman–Crippen MR) is 114 cm³/mol. The van der Waals surface area contributed by atoms with E-state index in [0.29, 0.717) is 6.42 Å². The van der Waals surface area contributed by atoms with Crippen LogP contribution in [0.5, 0.6) is 5.88 Å². The van der Waals surface area contributed by atoms with Crippen molar-refractivity contribution < 1.29 is 25.4 Å². The molecule has 1 aliphatic carbocycles. The number of Topliss-reactive ketones (excluding diaryl/α,β-unsaturated/α-hetero) is 1. The summed E-state index contributed by atoms with van der Waals surface area (Å²) >= 11 is 1.11. The number of carbonyl (C=O) groups is 1. The van der Waals surface area contributed by atoms with Crippen LogP contribution in [0.3, 0.4) is 0 Å². The highest BCUT2D eigenvalue weighted by Crippen LogP contribution is 2.66. The molecule has 3 atom stereocenters. The van der Waals surface area contributed by atoms with E-state index in [1.165, 1.54) is 6.07 Å². The molecular formula is C22H19F3N4O2S. The summed E-state index contributed by atoms with van der Waals surface area (Å²) in [6, 6.07) is 2.25. The van der Waals surface area contributed by atoms with Crippen LogP contribution in [-0.2, 0) is 12.0 Å². The predicted octanol–water partition coefficient (Wildman–Crippen LogP) is 3.20. The van der Waals surface area contributed by atoms with Crippen LogP contribution in [0.1, 0.15) is 37.7 Å². The topological polar surface area (TPSA) is 90.5 Å². The van der Waals surface area contributed by atoms with E-state index < -0.39 is 40.9 Å². The number of hydrogen-bond donors (Lipinski definition) is 1. The van der Waals surface area contributed by atoms with Gasteiger partial charge in [0.25, 0.3) is 0 Å². The molecule has 0 bridgehead atoms. The standard InChI is InChI=1S/C22H19F3N4O2S/c1-3-4-31-18-10-27-15(9-28-18)16(30)7-12-5-13(19(25)14(24)6-12)21(2)17-8-22(17,11-23)32-20(26)29-21/h1,5-6,9-10,17H,4,7-8,11H2,2H3,(H2,26,29)/t17-,21+,22+/m0/s1/i4D2. The lowest BCUT2D eigenvalue weighted by Crippen LogP contribution is -2.37. The number of carbonyl (C=O) groups excluding carboxylic acids is 1. The van der Waals surface area contributed by atoms with Crippen LogP contribution in [0.2, 0.25) is 0 Å². The maximum Gasteiger partial charge on any atom is 0.233 e. The Hall–Kier alpha value is -3.06. The number of nitrogens with two attached hydrogens (primary N) is 1. The third-order valence-electron chi connectivity index (χ3n) is 5.71. The van der Waals surface area contributed by atoms with Crippen LogP contribution in [0, 0.1) is 29.9 Å². The molecule has 166 valence electrons. The molecule has 32 heavy (non-hydrogen) atoms. The lowest BCUT2D eigenvalue weighted by molar-refractivity contribution is 0.0987. The molecule has 0 unspecified atom stereocenters. The number of hydrogen-bond acceptors (Lipinski definition) is 7. The van der Waals surface area contributed by atoms with Crippen molar-refractivity contribution in [2.75, 3.05) is 13.2 Å². The third kappa shape index (κ3) is 3.81. The molecule has 1 fully saturated rings. The van der Waals surface area contributed by atoms with Gasteiger partial charge in [0.2, 0.25) is 5.88 Å². The highest BCUT2D eigenvalue weighted by Gasteiger charge is 2.66. The normalized spacial score (nSPS) is 27.3. The average molecular weight is 462 g/mol. The van der Waals surface area contributed by atoms with Crippen molar-refractivity contribution in [2.45, 2.75) is 30.1 Å². The summed E-state index contributed by atoms with van der Waals surface area (Å²) < 4.78 is 61.9. The van der Waals surface area contributed by atoms with Gasteiger partial charge < -0.3 is 10.5 Å². The van der Waals surface area contributed by atoms with E-state index in [0.717, 1.165) is 30.2 Å². The van der Waals surface area contributed by atoms with E-state index in [1.54, 1.807) is 12.8 Å². The molecule has 10 heteroatoms. The van der Waals surface area contributed by atoms with Crippen molar-refractivity contribution in [1.29, 1.82) is 0 Å². The summed E-state index contributed by atoms with van der Waals surface area (Å²) in [4.78, 5) is 24.7. The third-order valence-corrected chi connectivity index (χ3v) is 6.97. The Morgan fingerprint density at radius 1 is 1.44 bits per heavy atom. The van der Waals surface area contributed by atoms with Crippen LogP contribution in [0.15, 0.2) is 29.5 Å². The molecular weight excluding hydrogens is 441 g/mol. The van der Waals surface area contributed by atoms with Gasteiger partial charge in [-0.25, -0.2) is 23.1 Å². The van der Waals surface area contributed by atoms with E-state index in [2.05, 4.69) is 15.0 Å². The first kappa shape index (κ1) is 19.6. The smallest absolute Gasteiger partial charge is 0.233 e. The fourth-order valence-electron chi connectivity index (χ4n) is 4.06. The second-order valence-corrected chi connectivity index (χ2v) is 9.22. The number of nitrogens with zero attached hydrogens (tertiary/aromatic N) is 3. The molecule has 0 amide bonds. The number of fused-ring (bicyclic) bond motifs is 1. The molecule has 1 saturated carbocycles. The molecule has 2 aromatic rings. The number of aromatic nitrogens is 2. The molecule has 6 nitrogen and oxygen atoms in total. The van der Waals surface area contributed by atoms with Crippen molar-refractivity contribution >= 4 is 22.7 Å². The summed E-state index contributed by atoms with van der Waals surface area (Å²) in [6.45, 7) is -1.48. The first-order valence-electron chi connectivity index (χ1n) is 10.5. The maximum atomic E-state index is 14.9. The quantitative estimate of drug-likeness (QED) is 0.502. The number of thioether (sulfide) groups is 1. The molecule has 0 saturated heterocycles. The van der Waals surface area contributed by atoms with Gasteiger partial charge in [-0.05, 0) is 31.0 Å². The monoisotopic (exact) mass is 462 g/mol. The SMILES string of the molecule is [2H]C([2H])(C#C)Oc1cnc(C(=O)Cc2cc(F)c(F)c([C@@]3(C)N=C(N)S[C@@]4(CF)C[C@H]43)c2)cn1. The molecule has 2 heterocycles. The Kier molecular flexibility index (Phi) is 4.98. The number of benzene rings is 1. The van der Waals surface area contributed by atoms with Gasteiger partial charge in [0.15, 0.2) is 29.1 Å².